The van der Waals surface area contributed by atoms with Crippen LogP contribution < -0.4 is 0 Å². The van der Waals surface area contributed by atoms with E-state index in [1.165, 1.54) is 36.9 Å². The molecular formula is C12H15N. The fourth-order valence-corrected chi connectivity index (χ4v) is 2.17. The average molecular weight is 173 g/mol. The van der Waals surface area contributed by atoms with Crippen LogP contribution in [0.1, 0.15) is 54.3 Å². The quantitative estimate of drug-likeness (QED) is 0.669. The predicted octanol–water partition coefficient (Wildman–Crippen LogP) is 3.14. The summed E-state index contributed by atoms with van der Waals surface area (Å²) in [6.07, 6.45) is 7.53. The van der Waals surface area contributed by atoms with Gasteiger partial charge in [-0.15, -0.1) is 0 Å². The first-order valence-electron chi connectivity index (χ1n) is 5.31. The first-order chi connectivity index (χ1) is 6.36. The van der Waals surface area contributed by atoms with E-state index < -0.39 is 0 Å². The van der Waals surface area contributed by atoms with Crippen molar-refractivity contribution in [2.75, 3.05) is 0 Å². The summed E-state index contributed by atoms with van der Waals surface area (Å²) in [6, 6.07) is 2.22. The van der Waals surface area contributed by atoms with Gasteiger partial charge in [-0.25, -0.2) is 0 Å². The molecule has 1 heteroatoms. The van der Waals surface area contributed by atoms with Gasteiger partial charge in [0.1, 0.15) is 0 Å². The monoisotopic (exact) mass is 173 g/mol. The molecule has 68 valence electrons. The van der Waals surface area contributed by atoms with Gasteiger partial charge in [0.25, 0.3) is 0 Å². The lowest BCUT2D eigenvalue weighted by molar-refractivity contribution is 0.957. The van der Waals surface area contributed by atoms with E-state index in [1.54, 1.807) is 5.56 Å². The third-order valence-corrected chi connectivity index (χ3v) is 3.27. The van der Waals surface area contributed by atoms with Gasteiger partial charge in [-0.2, -0.15) is 0 Å². The van der Waals surface area contributed by atoms with Crippen LogP contribution in [-0.4, -0.2) is 4.98 Å². The van der Waals surface area contributed by atoms with E-state index >= 15 is 0 Å². The summed E-state index contributed by atoms with van der Waals surface area (Å²) in [5.41, 5.74) is 4.47. The summed E-state index contributed by atoms with van der Waals surface area (Å²) in [5.74, 6) is 1.68. The Morgan fingerprint density at radius 1 is 1.15 bits per heavy atom. The van der Waals surface area contributed by atoms with Crippen molar-refractivity contribution in [3.05, 3.63) is 29.1 Å². The van der Waals surface area contributed by atoms with Gasteiger partial charge in [-0.1, -0.05) is 0 Å². The van der Waals surface area contributed by atoms with Crippen molar-refractivity contribution in [2.45, 2.75) is 44.4 Å². The van der Waals surface area contributed by atoms with Crippen LogP contribution in [-0.2, 0) is 0 Å². The molecule has 3 rings (SSSR count). The molecule has 2 fully saturated rings. The summed E-state index contributed by atoms with van der Waals surface area (Å²) < 4.78 is 0. The van der Waals surface area contributed by atoms with Crippen LogP contribution in [0.25, 0.3) is 0 Å². The van der Waals surface area contributed by atoms with E-state index in [0.717, 1.165) is 11.8 Å². The molecule has 0 spiro atoms. The third-order valence-electron chi connectivity index (χ3n) is 3.27. The average Bonchev–Trinajstić information content (AvgIpc) is 3.00. The standard InChI is InChI=1S/C12H15N/c1-8-11(9-2-3-9)6-7-13-12(8)10-4-5-10/h6-7,9-10H,2-5H2,1H3. The molecule has 2 aliphatic rings. The number of pyridine rings is 1. The third kappa shape index (κ3) is 1.27. The lowest BCUT2D eigenvalue weighted by atomic mass is 10.0. The molecule has 0 radical (unpaired) electrons. The lowest BCUT2D eigenvalue weighted by Crippen LogP contribution is -1.95. The largest absolute Gasteiger partial charge is 0.261 e. The van der Waals surface area contributed by atoms with E-state index in [9.17, 15) is 0 Å². The SMILES string of the molecule is Cc1c(C2CC2)ccnc1C1CC1. The van der Waals surface area contributed by atoms with Crippen molar-refractivity contribution >= 4 is 0 Å². The molecule has 0 amide bonds. The fraction of sp³-hybridized carbons (Fsp3) is 0.583. The number of hydrogen-bond donors (Lipinski definition) is 0. The van der Waals surface area contributed by atoms with Gasteiger partial charge in [0, 0.05) is 17.8 Å². The highest BCUT2D eigenvalue weighted by atomic mass is 14.7. The van der Waals surface area contributed by atoms with Crippen LogP contribution in [0.5, 0.6) is 0 Å². The molecule has 2 aliphatic carbocycles. The smallest absolute Gasteiger partial charge is 0.0466 e. The van der Waals surface area contributed by atoms with E-state index in [1.807, 2.05) is 6.20 Å². The Bertz CT molecular complexity index is 305. The molecule has 1 aromatic heterocycles. The number of hydrogen-bond acceptors (Lipinski definition) is 1. The molecule has 1 nitrogen and oxygen atoms in total. The molecule has 0 unspecified atom stereocenters. The Hall–Kier alpha value is -0.850. The summed E-state index contributed by atoms with van der Waals surface area (Å²) in [6.45, 7) is 2.26. The molecule has 0 aliphatic heterocycles. The molecular weight excluding hydrogens is 158 g/mol. The van der Waals surface area contributed by atoms with Crippen molar-refractivity contribution in [1.29, 1.82) is 0 Å². The Morgan fingerprint density at radius 3 is 2.46 bits per heavy atom. The van der Waals surface area contributed by atoms with Crippen molar-refractivity contribution in [3.63, 3.8) is 0 Å². The molecule has 0 bridgehead atoms. The highest BCUT2D eigenvalue weighted by Gasteiger charge is 2.31. The second kappa shape index (κ2) is 2.57. The number of aromatic nitrogens is 1. The zero-order valence-corrected chi connectivity index (χ0v) is 8.09. The second-order valence-electron chi connectivity index (χ2n) is 4.46. The number of rotatable bonds is 2. The minimum absolute atomic E-state index is 0.804. The van der Waals surface area contributed by atoms with Crippen molar-refractivity contribution in [3.8, 4) is 0 Å². The van der Waals surface area contributed by atoms with Crippen LogP contribution in [0.3, 0.4) is 0 Å². The van der Waals surface area contributed by atoms with Crippen LogP contribution in [0.4, 0.5) is 0 Å². The molecule has 13 heavy (non-hydrogen) atoms. The van der Waals surface area contributed by atoms with Gasteiger partial charge in [0.05, 0.1) is 0 Å². The Kier molecular flexibility index (Phi) is 1.49. The van der Waals surface area contributed by atoms with Crippen LogP contribution in [0.15, 0.2) is 12.3 Å². The van der Waals surface area contributed by atoms with Gasteiger partial charge in [-0.3, -0.25) is 4.98 Å². The maximum absolute atomic E-state index is 4.51. The summed E-state index contributed by atoms with van der Waals surface area (Å²) in [7, 11) is 0. The Balaban J connectivity index is 2.04. The van der Waals surface area contributed by atoms with Gasteiger partial charge in [0.2, 0.25) is 0 Å². The van der Waals surface area contributed by atoms with Crippen LogP contribution >= 0.6 is 0 Å². The van der Waals surface area contributed by atoms with E-state index in [2.05, 4.69) is 18.0 Å². The summed E-state index contributed by atoms with van der Waals surface area (Å²) in [4.78, 5) is 4.51. The zero-order valence-electron chi connectivity index (χ0n) is 8.09. The molecule has 2 saturated carbocycles. The van der Waals surface area contributed by atoms with Crippen LogP contribution in [0.2, 0.25) is 0 Å². The summed E-state index contributed by atoms with van der Waals surface area (Å²) >= 11 is 0. The molecule has 1 aromatic rings. The van der Waals surface area contributed by atoms with E-state index in [-0.39, 0.29) is 0 Å². The predicted molar refractivity (Wildman–Crippen MR) is 52.9 cm³/mol. The topological polar surface area (TPSA) is 12.9 Å². The maximum atomic E-state index is 4.51. The van der Waals surface area contributed by atoms with Gasteiger partial charge >= 0.3 is 0 Å². The zero-order chi connectivity index (χ0) is 8.84. The van der Waals surface area contributed by atoms with Crippen molar-refractivity contribution in [2.24, 2.45) is 0 Å². The van der Waals surface area contributed by atoms with Crippen LogP contribution in [0, 0.1) is 6.92 Å². The lowest BCUT2D eigenvalue weighted by Gasteiger charge is -2.08. The highest BCUT2D eigenvalue weighted by Crippen LogP contribution is 2.46. The molecule has 0 atom stereocenters. The van der Waals surface area contributed by atoms with Gasteiger partial charge in [-0.05, 0) is 55.7 Å². The fourth-order valence-electron chi connectivity index (χ4n) is 2.17. The number of nitrogens with zero attached hydrogens (tertiary/aromatic N) is 1. The van der Waals surface area contributed by atoms with E-state index in [0.29, 0.717) is 0 Å². The van der Waals surface area contributed by atoms with Gasteiger partial charge < -0.3 is 0 Å². The molecule has 0 aromatic carbocycles. The van der Waals surface area contributed by atoms with Crippen molar-refractivity contribution in [1.82, 2.24) is 4.98 Å². The highest BCUT2D eigenvalue weighted by molar-refractivity contribution is 5.37. The Morgan fingerprint density at radius 2 is 1.85 bits per heavy atom. The molecule has 0 saturated heterocycles. The van der Waals surface area contributed by atoms with Crippen molar-refractivity contribution < 1.29 is 0 Å². The Labute approximate surface area is 79.2 Å². The summed E-state index contributed by atoms with van der Waals surface area (Å²) in [5, 5.41) is 0. The molecule has 0 N–H and O–H groups in total. The first-order valence-corrected chi connectivity index (χ1v) is 5.31. The molecule has 1 heterocycles. The first kappa shape index (κ1) is 7.54. The van der Waals surface area contributed by atoms with Gasteiger partial charge in [0.15, 0.2) is 0 Å². The minimum atomic E-state index is 0.804. The van der Waals surface area contributed by atoms with E-state index in [4.69, 9.17) is 0 Å². The minimum Gasteiger partial charge on any atom is -0.261 e. The second-order valence-corrected chi connectivity index (χ2v) is 4.46. The normalized spacial score (nSPS) is 21.9. The maximum Gasteiger partial charge on any atom is 0.0466 e.